The summed E-state index contributed by atoms with van der Waals surface area (Å²) in [6.45, 7) is 2.05. The Morgan fingerprint density at radius 3 is 2.43 bits per heavy atom. The Labute approximate surface area is 137 Å². The molecule has 1 N–H and O–H groups in total. The first-order valence-electron chi connectivity index (χ1n) is 8.06. The van der Waals surface area contributed by atoms with Crippen LogP contribution in [0.5, 0.6) is 0 Å². The highest BCUT2D eigenvalue weighted by Crippen LogP contribution is 2.30. The minimum Gasteiger partial charge on any atom is -0.376 e. The van der Waals surface area contributed by atoms with Gasteiger partial charge in [0, 0.05) is 19.3 Å². The van der Waals surface area contributed by atoms with Crippen molar-refractivity contribution in [3.05, 3.63) is 42.2 Å². The molecular formula is C17H23N3O2S. The molecule has 1 saturated carbocycles. The van der Waals surface area contributed by atoms with E-state index in [9.17, 15) is 8.42 Å². The van der Waals surface area contributed by atoms with Crippen LogP contribution in [0.3, 0.4) is 0 Å². The molecule has 1 aliphatic rings. The van der Waals surface area contributed by atoms with Crippen molar-refractivity contribution in [1.29, 1.82) is 0 Å². The van der Waals surface area contributed by atoms with E-state index in [2.05, 4.69) is 10.4 Å². The Bertz CT molecular complexity index is 759. The van der Waals surface area contributed by atoms with Gasteiger partial charge >= 0.3 is 0 Å². The maximum Gasteiger partial charge on any atom is 0.181 e. The van der Waals surface area contributed by atoms with E-state index < -0.39 is 9.84 Å². The fourth-order valence-corrected chi connectivity index (χ4v) is 5.02. The summed E-state index contributed by atoms with van der Waals surface area (Å²) in [5.41, 5.74) is 2.00. The van der Waals surface area contributed by atoms with Crippen molar-refractivity contribution < 1.29 is 8.42 Å². The number of aromatic nitrogens is 2. The molecule has 1 aromatic heterocycles. The van der Waals surface area contributed by atoms with Crippen LogP contribution in [0.1, 0.15) is 44.2 Å². The Morgan fingerprint density at radius 2 is 1.87 bits per heavy atom. The van der Waals surface area contributed by atoms with Crippen molar-refractivity contribution in [2.45, 2.75) is 48.8 Å². The molecule has 1 atom stereocenters. The molecular weight excluding hydrogens is 310 g/mol. The third-order valence-corrected chi connectivity index (χ3v) is 6.82. The van der Waals surface area contributed by atoms with Gasteiger partial charge in [-0.15, -0.1) is 0 Å². The molecule has 1 fully saturated rings. The van der Waals surface area contributed by atoms with Crippen molar-refractivity contribution in [3.8, 4) is 0 Å². The van der Waals surface area contributed by atoms with Crippen LogP contribution >= 0.6 is 0 Å². The zero-order valence-electron chi connectivity index (χ0n) is 13.6. The number of hydrogen-bond donors (Lipinski definition) is 1. The summed E-state index contributed by atoms with van der Waals surface area (Å²) in [6.07, 6.45) is 7.32. The van der Waals surface area contributed by atoms with Crippen molar-refractivity contribution in [2.24, 2.45) is 7.05 Å². The number of nitrogens with zero attached hydrogens (tertiary/aromatic N) is 2. The van der Waals surface area contributed by atoms with Gasteiger partial charge in [-0.05, 0) is 37.5 Å². The van der Waals surface area contributed by atoms with Gasteiger partial charge in [-0.25, -0.2) is 8.42 Å². The quantitative estimate of drug-likeness (QED) is 0.912. The largest absolute Gasteiger partial charge is 0.376 e. The first-order chi connectivity index (χ1) is 11.0. The number of benzene rings is 1. The van der Waals surface area contributed by atoms with E-state index in [4.69, 9.17) is 0 Å². The smallest absolute Gasteiger partial charge is 0.181 e. The zero-order valence-corrected chi connectivity index (χ0v) is 14.4. The Kier molecular flexibility index (Phi) is 4.43. The lowest BCUT2D eigenvalue weighted by molar-refractivity contribution is 0.579. The minimum atomic E-state index is -3.17. The molecule has 6 heteroatoms. The number of rotatable bonds is 5. The fraction of sp³-hybridized carbons (Fsp3) is 0.471. The van der Waals surface area contributed by atoms with Gasteiger partial charge in [0.1, 0.15) is 0 Å². The first-order valence-corrected chi connectivity index (χ1v) is 9.60. The molecule has 5 nitrogen and oxygen atoms in total. The second-order valence-electron chi connectivity index (χ2n) is 6.29. The lowest BCUT2D eigenvalue weighted by Crippen LogP contribution is -2.17. The molecule has 0 radical (unpaired) electrons. The lowest BCUT2D eigenvalue weighted by Gasteiger charge is -2.16. The van der Waals surface area contributed by atoms with Crippen molar-refractivity contribution in [2.75, 3.05) is 5.32 Å². The summed E-state index contributed by atoms with van der Waals surface area (Å²) in [4.78, 5) is 0.446. The van der Waals surface area contributed by atoms with E-state index in [1.165, 1.54) is 0 Å². The minimum absolute atomic E-state index is 0.0856. The van der Waals surface area contributed by atoms with E-state index in [1.807, 2.05) is 32.3 Å². The number of nitrogens with one attached hydrogen (secondary N) is 1. The van der Waals surface area contributed by atoms with E-state index in [0.717, 1.165) is 36.9 Å². The standard InChI is InChI=1S/C17H23N3O2S/c1-13(19-15-11-18-20(2)12-15)14-7-9-17(10-8-14)23(21,22)16-5-3-4-6-16/h7-13,16,19H,3-6H2,1-2H3/t13-/m0/s1. The molecule has 0 spiro atoms. The lowest BCUT2D eigenvalue weighted by atomic mass is 10.1. The van der Waals surface area contributed by atoms with Gasteiger partial charge in [0.25, 0.3) is 0 Å². The summed E-state index contributed by atoms with van der Waals surface area (Å²) in [6, 6.07) is 7.36. The van der Waals surface area contributed by atoms with Gasteiger partial charge in [-0.2, -0.15) is 5.10 Å². The molecule has 0 aliphatic heterocycles. The molecule has 3 rings (SSSR count). The highest BCUT2D eigenvalue weighted by molar-refractivity contribution is 7.92. The molecule has 23 heavy (non-hydrogen) atoms. The van der Waals surface area contributed by atoms with Crippen LogP contribution in [0.2, 0.25) is 0 Å². The van der Waals surface area contributed by atoms with Crippen LogP contribution in [-0.2, 0) is 16.9 Å². The molecule has 0 amide bonds. The Balaban J connectivity index is 1.73. The third kappa shape index (κ3) is 3.42. The van der Waals surface area contributed by atoms with E-state index >= 15 is 0 Å². The second kappa shape index (κ2) is 6.35. The zero-order chi connectivity index (χ0) is 16.4. The average molecular weight is 333 g/mol. The molecule has 2 aromatic rings. The Morgan fingerprint density at radius 1 is 1.22 bits per heavy atom. The van der Waals surface area contributed by atoms with Gasteiger partial charge in [-0.1, -0.05) is 25.0 Å². The monoisotopic (exact) mass is 333 g/mol. The van der Waals surface area contributed by atoms with E-state index in [0.29, 0.717) is 4.90 Å². The molecule has 0 bridgehead atoms. The van der Waals surface area contributed by atoms with Gasteiger partial charge in [0.15, 0.2) is 9.84 Å². The summed E-state index contributed by atoms with van der Waals surface area (Å²) in [7, 11) is -1.30. The van der Waals surface area contributed by atoms with E-state index in [-0.39, 0.29) is 11.3 Å². The van der Waals surface area contributed by atoms with Crippen LogP contribution in [0, 0.1) is 0 Å². The van der Waals surface area contributed by atoms with Crippen molar-refractivity contribution >= 4 is 15.5 Å². The SMILES string of the molecule is C[C@H](Nc1cnn(C)c1)c1ccc(S(=O)(=O)C2CCCC2)cc1. The molecule has 1 aliphatic carbocycles. The summed E-state index contributed by atoms with van der Waals surface area (Å²) in [5, 5.41) is 7.29. The summed E-state index contributed by atoms with van der Waals surface area (Å²) < 4.78 is 26.9. The maximum atomic E-state index is 12.6. The van der Waals surface area contributed by atoms with Gasteiger partial charge in [-0.3, -0.25) is 4.68 Å². The first kappa shape index (κ1) is 16.1. The van der Waals surface area contributed by atoms with Gasteiger partial charge in [0.2, 0.25) is 0 Å². The number of anilines is 1. The predicted molar refractivity (Wildman–Crippen MR) is 91.1 cm³/mol. The van der Waals surface area contributed by atoms with Crippen LogP contribution in [-0.4, -0.2) is 23.4 Å². The number of sulfone groups is 1. The highest BCUT2D eigenvalue weighted by Gasteiger charge is 2.30. The average Bonchev–Trinajstić information content (AvgIpc) is 3.19. The fourth-order valence-electron chi connectivity index (χ4n) is 3.17. The summed E-state index contributed by atoms with van der Waals surface area (Å²) in [5.74, 6) is 0. The second-order valence-corrected chi connectivity index (χ2v) is 8.52. The third-order valence-electron chi connectivity index (χ3n) is 4.54. The van der Waals surface area contributed by atoms with Crippen LogP contribution in [0.4, 0.5) is 5.69 Å². The van der Waals surface area contributed by atoms with Gasteiger partial charge in [0.05, 0.1) is 22.0 Å². The van der Waals surface area contributed by atoms with Crippen molar-refractivity contribution in [1.82, 2.24) is 9.78 Å². The Hall–Kier alpha value is -1.82. The number of aryl methyl sites for hydroxylation is 1. The van der Waals surface area contributed by atoms with Crippen LogP contribution in [0.25, 0.3) is 0 Å². The highest BCUT2D eigenvalue weighted by atomic mass is 32.2. The van der Waals surface area contributed by atoms with Crippen molar-refractivity contribution in [3.63, 3.8) is 0 Å². The molecule has 124 valence electrons. The van der Waals surface area contributed by atoms with E-state index in [1.54, 1.807) is 23.0 Å². The summed E-state index contributed by atoms with van der Waals surface area (Å²) >= 11 is 0. The molecule has 1 heterocycles. The van der Waals surface area contributed by atoms with Gasteiger partial charge < -0.3 is 5.32 Å². The normalized spacial score (nSPS) is 17.3. The number of hydrogen-bond acceptors (Lipinski definition) is 4. The van der Waals surface area contributed by atoms with Crippen LogP contribution < -0.4 is 5.32 Å². The molecule has 1 aromatic carbocycles. The topological polar surface area (TPSA) is 64.0 Å². The predicted octanol–water partition coefficient (Wildman–Crippen LogP) is 3.31. The molecule has 0 unspecified atom stereocenters. The van der Waals surface area contributed by atoms with Crippen LogP contribution in [0.15, 0.2) is 41.6 Å². The molecule has 0 saturated heterocycles. The maximum absolute atomic E-state index is 12.6.